The van der Waals surface area contributed by atoms with Gasteiger partial charge >= 0.3 is 0 Å². The number of aromatic nitrogens is 2. The van der Waals surface area contributed by atoms with E-state index in [9.17, 15) is 14.7 Å². The Kier molecular flexibility index (Phi) is 8.07. The van der Waals surface area contributed by atoms with Crippen LogP contribution >= 0.6 is 22.7 Å². The Labute approximate surface area is 262 Å². The molecule has 3 heterocycles. The number of Topliss-reactive ketones (excluding diaryl/α,β-unsaturated/α-hetero) is 1. The number of ketones is 1. The number of aryl methyl sites for hydroxylation is 2. The van der Waals surface area contributed by atoms with E-state index < -0.39 is 23.5 Å². The van der Waals surface area contributed by atoms with Gasteiger partial charge in [-0.25, -0.2) is 9.97 Å². The van der Waals surface area contributed by atoms with E-state index in [2.05, 4.69) is 4.98 Å². The van der Waals surface area contributed by atoms with Gasteiger partial charge in [-0.05, 0) is 62.2 Å². The van der Waals surface area contributed by atoms with Crippen LogP contribution in [0.15, 0.2) is 78.1 Å². The molecule has 224 valence electrons. The number of amides is 1. The number of benzene rings is 3. The molecule has 1 aliphatic heterocycles. The molecule has 0 bridgehead atoms. The summed E-state index contributed by atoms with van der Waals surface area (Å²) in [5.74, 6) is -0.188. The third-order valence-electron chi connectivity index (χ3n) is 7.17. The molecule has 44 heavy (non-hydrogen) atoms. The molecular formula is C33H29N3O6S2. The predicted octanol–water partition coefficient (Wildman–Crippen LogP) is 7.14. The van der Waals surface area contributed by atoms with Crippen LogP contribution < -0.4 is 19.1 Å². The second kappa shape index (κ2) is 12.1. The van der Waals surface area contributed by atoms with Gasteiger partial charge in [-0.3, -0.25) is 14.5 Å². The summed E-state index contributed by atoms with van der Waals surface area (Å²) < 4.78 is 18.2. The number of aliphatic hydroxyl groups excluding tert-OH is 1. The van der Waals surface area contributed by atoms with Gasteiger partial charge in [0, 0.05) is 0 Å². The molecule has 0 saturated carbocycles. The first-order chi connectivity index (χ1) is 21.3. The van der Waals surface area contributed by atoms with Gasteiger partial charge in [-0.2, -0.15) is 0 Å². The SMILES string of the molecule is CCOc1cc(C2C(C(=O)c3sc(C)nc3C)=C(O)C(=O)N2c2nc3ccc(OC)cc3s2)ccc1OCc1ccccc1. The molecule has 1 aliphatic rings. The lowest BCUT2D eigenvalue weighted by atomic mass is 9.95. The molecule has 6 rings (SSSR count). The number of thiazole rings is 2. The minimum Gasteiger partial charge on any atom is -0.503 e. The average molecular weight is 628 g/mol. The molecule has 0 fully saturated rings. The smallest absolute Gasteiger partial charge is 0.296 e. The quantitative estimate of drug-likeness (QED) is 0.163. The Morgan fingerprint density at radius 2 is 1.77 bits per heavy atom. The monoisotopic (exact) mass is 627 g/mol. The second-order valence-electron chi connectivity index (χ2n) is 10.1. The van der Waals surface area contributed by atoms with Crippen molar-refractivity contribution >= 4 is 49.7 Å². The highest BCUT2D eigenvalue weighted by Crippen LogP contribution is 2.46. The van der Waals surface area contributed by atoms with Crippen molar-refractivity contribution in [2.75, 3.05) is 18.6 Å². The summed E-state index contributed by atoms with van der Waals surface area (Å²) in [4.78, 5) is 38.7. The molecule has 5 aromatic rings. The van der Waals surface area contributed by atoms with Crippen LogP contribution in [-0.4, -0.2) is 40.5 Å². The van der Waals surface area contributed by atoms with Crippen molar-refractivity contribution in [1.82, 2.24) is 9.97 Å². The summed E-state index contributed by atoms with van der Waals surface area (Å²) in [6, 6.07) is 19.5. The first-order valence-electron chi connectivity index (χ1n) is 13.9. The number of carbonyl (C=O) groups excluding carboxylic acids is 2. The summed E-state index contributed by atoms with van der Waals surface area (Å²) in [5.41, 5.74) is 2.70. The molecule has 0 radical (unpaired) electrons. The second-order valence-corrected chi connectivity index (χ2v) is 12.3. The van der Waals surface area contributed by atoms with Crippen LogP contribution in [0.1, 0.15) is 44.5 Å². The summed E-state index contributed by atoms with van der Waals surface area (Å²) in [6.07, 6.45) is 0. The van der Waals surface area contributed by atoms with Crippen LogP contribution in [0.4, 0.5) is 5.13 Å². The van der Waals surface area contributed by atoms with Gasteiger partial charge in [-0.15, -0.1) is 11.3 Å². The number of methoxy groups -OCH3 is 1. The number of hydrogen-bond acceptors (Lipinski definition) is 10. The normalized spacial score (nSPS) is 14.9. The maximum Gasteiger partial charge on any atom is 0.296 e. The van der Waals surface area contributed by atoms with E-state index in [1.165, 1.54) is 27.6 Å². The van der Waals surface area contributed by atoms with Crippen molar-refractivity contribution < 1.29 is 28.9 Å². The van der Waals surface area contributed by atoms with E-state index in [4.69, 9.17) is 19.2 Å². The highest BCUT2D eigenvalue weighted by molar-refractivity contribution is 7.22. The number of carbonyl (C=O) groups is 2. The number of rotatable bonds is 10. The Balaban J connectivity index is 1.46. The van der Waals surface area contributed by atoms with Crippen LogP contribution in [0.5, 0.6) is 17.2 Å². The molecule has 2 aromatic heterocycles. The van der Waals surface area contributed by atoms with Crippen molar-refractivity contribution in [1.29, 1.82) is 0 Å². The number of nitrogens with zero attached hydrogens (tertiary/aromatic N) is 3. The lowest BCUT2D eigenvalue weighted by Crippen LogP contribution is -2.31. The van der Waals surface area contributed by atoms with Crippen LogP contribution in [0.25, 0.3) is 10.2 Å². The van der Waals surface area contributed by atoms with Gasteiger partial charge in [0.2, 0.25) is 5.78 Å². The maximum absolute atomic E-state index is 14.1. The zero-order chi connectivity index (χ0) is 31.0. The van der Waals surface area contributed by atoms with Gasteiger partial charge in [0.05, 0.1) is 51.1 Å². The van der Waals surface area contributed by atoms with Crippen molar-refractivity contribution in [3.8, 4) is 17.2 Å². The van der Waals surface area contributed by atoms with Crippen LogP contribution in [0.2, 0.25) is 0 Å². The van der Waals surface area contributed by atoms with Gasteiger partial charge in [0.15, 0.2) is 22.4 Å². The minimum absolute atomic E-state index is 0.0426. The van der Waals surface area contributed by atoms with E-state index in [1.54, 1.807) is 44.4 Å². The first kappa shape index (κ1) is 29.3. The predicted molar refractivity (Wildman–Crippen MR) is 170 cm³/mol. The van der Waals surface area contributed by atoms with E-state index in [-0.39, 0.29) is 5.57 Å². The molecule has 3 aromatic carbocycles. The Morgan fingerprint density at radius 3 is 2.48 bits per heavy atom. The molecule has 0 aliphatic carbocycles. The molecule has 1 N–H and O–H groups in total. The highest BCUT2D eigenvalue weighted by Gasteiger charge is 2.46. The van der Waals surface area contributed by atoms with E-state index in [0.29, 0.717) is 62.3 Å². The van der Waals surface area contributed by atoms with E-state index in [0.717, 1.165) is 10.3 Å². The number of anilines is 1. The number of aliphatic hydroxyl groups is 1. The molecule has 9 nitrogen and oxygen atoms in total. The fourth-order valence-electron chi connectivity index (χ4n) is 5.15. The summed E-state index contributed by atoms with van der Waals surface area (Å²) >= 11 is 2.49. The molecule has 1 unspecified atom stereocenters. The zero-order valence-corrected chi connectivity index (χ0v) is 26.1. The fraction of sp³-hybridized carbons (Fsp3) is 0.212. The Hall–Kier alpha value is -4.74. The van der Waals surface area contributed by atoms with Crippen molar-refractivity contribution in [2.24, 2.45) is 0 Å². The van der Waals surface area contributed by atoms with Crippen molar-refractivity contribution in [3.63, 3.8) is 0 Å². The lowest BCUT2D eigenvalue weighted by Gasteiger charge is -2.25. The summed E-state index contributed by atoms with van der Waals surface area (Å²) in [7, 11) is 1.58. The minimum atomic E-state index is -0.985. The van der Waals surface area contributed by atoms with Gasteiger partial charge < -0.3 is 19.3 Å². The maximum atomic E-state index is 14.1. The molecule has 1 amide bonds. The number of hydrogen-bond donors (Lipinski definition) is 1. The first-order valence-corrected chi connectivity index (χ1v) is 15.6. The van der Waals surface area contributed by atoms with E-state index in [1.807, 2.05) is 50.2 Å². The van der Waals surface area contributed by atoms with Gasteiger partial charge in [0.1, 0.15) is 12.4 Å². The number of ether oxygens (including phenoxy) is 3. The summed E-state index contributed by atoms with van der Waals surface area (Å²) in [6.45, 7) is 6.11. The van der Waals surface area contributed by atoms with Crippen LogP contribution in [0.3, 0.4) is 0 Å². The molecule has 1 atom stereocenters. The lowest BCUT2D eigenvalue weighted by molar-refractivity contribution is -0.117. The van der Waals surface area contributed by atoms with Gasteiger partial charge in [-0.1, -0.05) is 47.7 Å². The van der Waals surface area contributed by atoms with Crippen LogP contribution in [-0.2, 0) is 11.4 Å². The molecule has 11 heteroatoms. The largest absolute Gasteiger partial charge is 0.503 e. The standard InChI is InChI=1S/C33H29N3O6S2/c1-5-41-25-15-21(11-14-24(25)42-17-20-9-7-6-8-10-20)28-27(29(37)31-18(2)34-19(3)43-31)30(38)32(39)36(28)33-35-23-13-12-22(40-4)16-26(23)44-33/h6-16,28,38H,5,17H2,1-4H3. The third-order valence-corrected chi connectivity index (χ3v) is 9.26. The third kappa shape index (κ3) is 5.40. The topological polar surface area (TPSA) is 111 Å². The van der Waals surface area contributed by atoms with Crippen LogP contribution in [0, 0.1) is 13.8 Å². The molecule has 0 spiro atoms. The Bertz CT molecular complexity index is 1910. The zero-order valence-electron chi connectivity index (χ0n) is 24.5. The van der Waals surface area contributed by atoms with Crippen molar-refractivity contribution in [3.05, 3.63) is 105 Å². The summed E-state index contributed by atoms with van der Waals surface area (Å²) in [5, 5.41) is 12.3. The molecule has 0 saturated heterocycles. The molecular weight excluding hydrogens is 599 g/mol. The van der Waals surface area contributed by atoms with Crippen molar-refractivity contribution in [2.45, 2.75) is 33.4 Å². The number of fused-ring (bicyclic) bond motifs is 1. The van der Waals surface area contributed by atoms with E-state index >= 15 is 0 Å². The average Bonchev–Trinajstić information content (AvgIpc) is 3.68. The van der Waals surface area contributed by atoms with Gasteiger partial charge in [0.25, 0.3) is 5.91 Å². The fourth-order valence-corrected chi connectivity index (χ4v) is 7.05. The highest BCUT2D eigenvalue weighted by atomic mass is 32.1. The Morgan fingerprint density at radius 1 is 0.977 bits per heavy atom.